The van der Waals surface area contributed by atoms with E-state index in [4.69, 9.17) is 37.7 Å². The zero-order valence-electron chi connectivity index (χ0n) is 24.1. The summed E-state index contributed by atoms with van der Waals surface area (Å²) in [5.41, 5.74) is 6.11. The largest absolute Gasteiger partial charge is 0.496 e. The summed E-state index contributed by atoms with van der Waals surface area (Å²) in [6, 6.07) is 17.2. The molecule has 4 aromatic rings. The molecule has 0 aliphatic rings. The van der Waals surface area contributed by atoms with Gasteiger partial charge in [-0.2, -0.15) is 0 Å². The SMILES string of the molecule is COc1cc(-c2nccc(-c3cccc(-c4ccc(CNC[C@@H](C)O)c(OC)n4)c3Cl)c2Cl)ccc1CNC[C@@H](C)O. The second-order valence-electron chi connectivity index (χ2n) is 10.0. The first-order chi connectivity index (χ1) is 20.2. The van der Waals surface area contributed by atoms with Crippen LogP contribution in [0.4, 0.5) is 0 Å². The van der Waals surface area contributed by atoms with Gasteiger partial charge in [0, 0.05) is 65.8 Å². The zero-order chi connectivity index (χ0) is 30.2. The lowest BCUT2D eigenvalue weighted by atomic mass is 9.99. The van der Waals surface area contributed by atoms with Crippen LogP contribution < -0.4 is 20.1 Å². The molecule has 0 saturated heterocycles. The van der Waals surface area contributed by atoms with E-state index in [9.17, 15) is 10.2 Å². The van der Waals surface area contributed by atoms with Crippen molar-refractivity contribution in [2.75, 3.05) is 27.3 Å². The number of aliphatic hydroxyl groups excluding tert-OH is 2. The molecule has 4 N–H and O–H groups in total. The van der Waals surface area contributed by atoms with Gasteiger partial charge < -0.3 is 30.3 Å². The highest BCUT2D eigenvalue weighted by Crippen LogP contribution is 2.42. The molecule has 0 bridgehead atoms. The van der Waals surface area contributed by atoms with Gasteiger partial charge in [-0.05, 0) is 32.0 Å². The number of rotatable bonds is 13. The van der Waals surface area contributed by atoms with E-state index in [-0.39, 0.29) is 0 Å². The van der Waals surface area contributed by atoms with Crippen LogP contribution in [0.25, 0.3) is 33.6 Å². The summed E-state index contributed by atoms with van der Waals surface area (Å²) in [5.74, 6) is 1.17. The van der Waals surface area contributed by atoms with Crippen LogP contribution in [0.15, 0.2) is 60.8 Å². The molecule has 0 aliphatic heterocycles. The summed E-state index contributed by atoms with van der Waals surface area (Å²) in [6.45, 7) is 5.47. The van der Waals surface area contributed by atoms with Crippen LogP contribution in [0.2, 0.25) is 10.0 Å². The van der Waals surface area contributed by atoms with Gasteiger partial charge in [-0.3, -0.25) is 4.98 Å². The summed E-state index contributed by atoms with van der Waals surface area (Å²) in [5, 5.41) is 26.4. The molecule has 0 aliphatic carbocycles. The van der Waals surface area contributed by atoms with Crippen molar-refractivity contribution in [2.24, 2.45) is 0 Å². The first kappa shape index (κ1) is 31.7. The van der Waals surface area contributed by atoms with Crippen LogP contribution in [-0.2, 0) is 13.1 Å². The summed E-state index contributed by atoms with van der Waals surface area (Å²) in [6.07, 6.45) is 0.822. The maximum absolute atomic E-state index is 9.54. The normalized spacial score (nSPS) is 12.7. The third-order valence-electron chi connectivity index (χ3n) is 6.66. The van der Waals surface area contributed by atoms with Crippen molar-refractivity contribution in [1.82, 2.24) is 20.6 Å². The van der Waals surface area contributed by atoms with E-state index in [2.05, 4.69) is 15.6 Å². The molecule has 0 unspecified atom stereocenters. The minimum atomic E-state index is -0.449. The van der Waals surface area contributed by atoms with E-state index in [0.29, 0.717) is 59.2 Å². The maximum Gasteiger partial charge on any atom is 0.218 e. The average molecular weight is 612 g/mol. The molecule has 4 rings (SSSR count). The van der Waals surface area contributed by atoms with Crippen LogP contribution in [0.5, 0.6) is 11.6 Å². The van der Waals surface area contributed by atoms with Gasteiger partial charge in [-0.25, -0.2) is 4.98 Å². The van der Waals surface area contributed by atoms with Crippen LogP contribution in [-0.4, -0.2) is 59.7 Å². The van der Waals surface area contributed by atoms with Crippen molar-refractivity contribution in [3.63, 3.8) is 0 Å². The number of aromatic nitrogens is 2. The van der Waals surface area contributed by atoms with Gasteiger partial charge in [-0.15, -0.1) is 0 Å². The Balaban J connectivity index is 1.66. The molecule has 0 saturated carbocycles. The lowest BCUT2D eigenvalue weighted by Gasteiger charge is -2.16. The quantitative estimate of drug-likeness (QED) is 0.152. The second-order valence-corrected chi connectivity index (χ2v) is 10.8. The standard InChI is InChI=1S/C32H36Cl2N4O4/c1-19(39)15-35-17-22-9-8-21(14-28(22)41-3)31-30(34)25(12-13-37-31)24-6-5-7-26(29(24)33)27-11-10-23(32(38-27)42-4)18-36-16-20(2)40/h5-14,19-20,35-36,39-40H,15-18H2,1-4H3/t19-,20-/m1/s1. The van der Waals surface area contributed by atoms with Gasteiger partial charge in [-0.1, -0.05) is 59.6 Å². The van der Waals surface area contributed by atoms with E-state index >= 15 is 0 Å². The van der Waals surface area contributed by atoms with E-state index in [1.54, 1.807) is 34.3 Å². The van der Waals surface area contributed by atoms with Crippen molar-refractivity contribution in [3.05, 3.63) is 82.0 Å². The molecule has 0 fully saturated rings. The lowest BCUT2D eigenvalue weighted by molar-refractivity contribution is 0.190. The molecule has 8 nitrogen and oxygen atoms in total. The summed E-state index contributed by atoms with van der Waals surface area (Å²) in [7, 11) is 3.20. The van der Waals surface area contributed by atoms with Gasteiger partial charge in [0.1, 0.15) is 5.75 Å². The monoisotopic (exact) mass is 610 g/mol. The molecule has 2 aromatic carbocycles. The van der Waals surface area contributed by atoms with Gasteiger partial charge in [0.2, 0.25) is 5.88 Å². The molecule has 0 radical (unpaired) electrons. The van der Waals surface area contributed by atoms with E-state index in [1.807, 2.05) is 54.6 Å². The lowest BCUT2D eigenvalue weighted by Crippen LogP contribution is -2.24. The van der Waals surface area contributed by atoms with Gasteiger partial charge in [0.15, 0.2) is 0 Å². The van der Waals surface area contributed by atoms with Crippen LogP contribution >= 0.6 is 23.2 Å². The second kappa shape index (κ2) is 14.8. The summed E-state index contributed by atoms with van der Waals surface area (Å²) < 4.78 is 11.2. The molecule has 2 atom stereocenters. The Bertz CT molecular complexity index is 1400. The fourth-order valence-corrected chi connectivity index (χ4v) is 5.24. The zero-order valence-corrected chi connectivity index (χ0v) is 25.6. The third kappa shape index (κ3) is 7.58. The molecule has 2 heterocycles. The number of pyridine rings is 2. The number of nitrogens with zero attached hydrogens (tertiary/aromatic N) is 2. The predicted octanol–water partition coefficient (Wildman–Crippen LogP) is 5.74. The minimum Gasteiger partial charge on any atom is -0.496 e. The Morgan fingerprint density at radius 1 is 0.786 bits per heavy atom. The molecular formula is C32H36Cl2N4O4. The van der Waals surface area contributed by atoms with E-state index < -0.39 is 12.2 Å². The number of benzene rings is 2. The van der Waals surface area contributed by atoms with Gasteiger partial charge >= 0.3 is 0 Å². The number of halogens is 2. The highest BCUT2D eigenvalue weighted by Gasteiger charge is 2.18. The van der Waals surface area contributed by atoms with Crippen LogP contribution in [0.3, 0.4) is 0 Å². The van der Waals surface area contributed by atoms with Crippen molar-refractivity contribution in [3.8, 4) is 45.3 Å². The first-order valence-corrected chi connectivity index (χ1v) is 14.4. The Labute approximate surface area is 256 Å². The summed E-state index contributed by atoms with van der Waals surface area (Å²) in [4.78, 5) is 9.29. The van der Waals surface area contributed by atoms with Crippen molar-refractivity contribution < 1.29 is 19.7 Å². The van der Waals surface area contributed by atoms with Gasteiger partial charge in [0.25, 0.3) is 0 Å². The maximum atomic E-state index is 9.54. The first-order valence-electron chi connectivity index (χ1n) is 13.7. The highest BCUT2D eigenvalue weighted by molar-refractivity contribution is 6.39. The third-order valence-corrected chi connectivity index (χ3v) is 7.45. The number of hydrogen-bond acceptors (Lipinski definition) is 8. The Morgan fingerprint density at radius 3 is 2.10 bits per heavy atom. The Morgan fingerprint density at radius 2 is 1.43 bits per heavy atom. The molecule has 222 valence electrons. The Hall–Kier alpha value is -3.24. The number of nitrogens with one attached hydrogen (secondary N) is 2. The number of ether oxygens (including phenoxy) is 2. The number of methoxy groups -OCH3 is 2. The van der Waals surface area contributed by atoms with Gasteiger partial charge in [0.05, 0.1) is 47.9 Å². The van der Waals surface area contributed by atoms with Crippen LogP contribution in [0.1, 0.15) is 25.0 Å². The number of aliphatic hydroxyl groups is 2. The van der Waals surface area contributed by atoms with Crippen molar-refractivity contribution >= 4 is 23.2 Å². The molecule has 2 aromatic heterocycles. The molecular weight excluding hydrogens is 575 g/mol. The van der Waals surface area contributed by atoms with E-state index in [0.717, 1.165) is 33.4 Å². The fraction of sp³-hybridized carbons (Fsp3) is 0.312. The Kier molecular flexibility index (Phi) is 11.2. The van der Waals surface area contributed by atoms with Crippen molar-refractivity contribution in [2.45, 2.75) is 39.1 Å². The minimum absolute atomic E-state index is 0.438. The smallest absolute Gasteiger partial charge is 0.218 e. The molecule has 42 heavy (non-hydrogen) atoms. The number of hydrogen-bond donors (Lipinski definition) is 4. The van der Waals surface area contributed by atoms with Crippen molar-refractivity contribution in [1.29, 1.82) is 0 Å². The fourth-order valence-electron chi connectivity index (χ4n) is 4.59. The molecule has 0 amide bonds. The average Bonchev–Trinajstić information content (AvgIpc) is 2.97. The van der Waals surface area contributed by atoms with E-state index in [1.165, 1.54) is 0 Å². The highest BCUT2D eigenvalue weighted by atomic mass is 35.5. The predicted molar refractivity (Wildman–Crippen MR) is 168 cm³/mol. The molecule has 10 heteroatoms. The van der Waals surface area contributed by atoms with Crippen LogP contribution in [0, 0.1) is 0 Å². The summed E-state index contributed by atoms with van der Waals surface area (Å²) >= 11 is 14.0. The topological polar surface area (TPSA) is 109 Å². The molecule has 0 spiro atoms.